The summed E-state index contributed by atoms with van der Waals surface area (Å²) in [7, 11) is -3.82. The Kier molecular flexibility index (Phi) is 5.40. The smallest absolute Gasteiger partial charge is 0.264 e. The van der Waals surface area contributed by atoms with Crippen LogP contribution in [-0.2, 0) is 10.0 Å². The number of hydrogen-bond acceptors (Lipinski definition) is 6. The van der Waals surface area contributed by atoms with Gasteiger partial charge in [-0.2, -0.15) is 0 Å². The number of sulfonamides is 1. The van der Waals surface area contributed by atoms with Gasteiger partial charge in [0.25, 0.3) is 15.6 Å². The molecule has 31 heavy (non-hydrogen) atoms. The van der Waals surface area contributed by atoms with Crippen LogP contribution in [0, 0.1) is 4.77 Å². The van der Waals surface area contributed by atoms with Gasteiger partial charge in [-0.3, -0.25) is 19.5 Å². The average Bonchev–Trinajstić information content (AvgIpc) is 2.73. The maximum Gasteiger partial charge on any atom is 0.264 e. The predicted molar refractivity (Wildman–Crippen MR) is 122 cm³/mol. The van der Waals surface area contributed by atoms with Gasteiger partial charge in [-0.15, -0.1) is 0 Å². The van der Waals surface area contributed by atoms with E-state index in [0.29, 0.717) is 11.4 Å². The van der Waals surface area contributed by atoms with Crippen molar-refractivity contribution in [1.29, 1.82) is 0 Å². The lowest BCUT2D eigenvalue weighted by Gasteiger charge is -2.11. The van der Waals surface area contributed by atoms with E-state index in [4.69, 9.17) is 12.2 Å². The normalized spacial score (nSPS) is 11.7. The van der Waals surface area contributed by atoms with E-state index in [1.807, 2.05) is 30.3 Å². The first-order chi connectivity index (χ1) is 14.8. The van der Waals surface area contributed by atoms with Crippen molar-refractivity contribution in [3.8, 4) is 5.88 Å². The van der Waals surface area contributed by atoms with Crippen molar-refractivity contribution < 1.29 is 13.5 Å². The molecule has 0 aliphatic carbocycles. The van der Waals surface area contributed by atoms with Crippen LogP contribution in [0.25, 0.3) is 10.8 Å². The first-order valence-electron chi connectivity index (χ1n) is 9.04. The number of rotatable bonds is 5. The van der Waals surface area contributed by atoms with Crippen LogP contribution in [0.3, 0.4) is 0 Å². The summed E-state index contributed by atoms with van der Waals surface area (Å²) in [6.45, 7) is 0. The maximum atomic E-state index is 12.8. The number of aromatic nitrogens is 2. The zero-order valence-electron chi connectivity index (χ0n) is 15.9. The van der Waals surface area contributed by atoms with Gasteiger partial charge in [-0.25, -0.2) is 8.42 Å². The van der Waals surface area contributed by atoms with Crippen LogP contribution >= 0.6 is 12.2 Å². The second-order valence-electron chi connectivity index (χ2n) is 6.55. The van der Waals surface area contributed by atoms with E-state index in [0.717, 1.165) is 17.0 Å². The first-order valence-corrected chi connectivity index (χ1v) is 10.9. The minimum absolute atomic E-state index is 0.00657. The Balaban J connectivity index is 1.59. The van der Waals surface area contributed by atoms with Crippen molar-refractivity contribution in [2.45, 2.75) is 4.90 Å². The van der Waals surface area contributed by atoms with E-state index >= 15 is 0 Å². The van der Waals surface area contributed by atoms with E-state index in [9.17, 15) is 18.3 Å². The van der Waals surface area contributed by atoms with E-state index in [2.05, 4.69) is 19.7 Å². The topological polar surface area (TPSA) is 127 Å². The van der Waals surface area contributed by atoms with Gasteiger partial charge in [0, 0.05) is 11.6 Å². The van der Waals surface area contributed by atoms with Gasteiger partial charge >= 0.3 is 0 Å². The molecule has 0 aliphatic rings. The SMILES string of the molecule is O=c1[nH]c(=S)[nH]c(O)c1C=Nc1ccc(S(=O)(=O)Nc2cccc3ccccc23)cc1. The summed E-state index contributed by atoms with van der Waals surface area (Å²) in [4.78, 5) is 20.8. The Morgan fingerprint density at radius 2 is 1.68 bits per heavy atom. The number of anilines is 1. The molecular formula is C21H16N4O4S2. The molecule has 0 bridgehead atoms. The summed E-state index contributed by atoms with van der Waals surface area (Å²) in [5.74, 6) is -0.406. The monoisotopic (exact) mass is 452 g/mol. The first kappa shape index (κ1) is 20.5. The number of H-pyrrole nitrogens is 2. The molecule has 1 aromatic heterocycles. The molecule has 10 heteroatoms. The summed E-state index contributed by atoms with van der Waals surface area (Å²) < 4.78 is 28.2. The molecule has 0 unspecified atom stereocenters. The summed E-state index contributed by atoms with van der Waals surface area (Å²) in [5.41, 5.74) is 0.188. The van der Waals surface area contributed by atoms with Gasteiger partial charge in [-0.1, -0.05) is 36.4 Å². The molecule has 0 aliphatic heterocycles. The third-order valence-corrected chi connectivity index (χ3v) is 6.07. The molecule has 4 rings (SSSR count). The summed E-state index contributed by atoms with van der Waals surface area (Å²) in [6.07, 6.45) is 1.16. The van der Waals surface area contributed by atoms with E-state index in [1.165, 1.54) is 24.3 Å². The third-order valence-electron chi connectivity index (χ3n) is 4.48. The number of nitrogens with zero attached hydrogens (tertiary/aromatic N) is 1. The molecule has 3 aromatic carbocycles. The van der Waals surface area contributed by atoms with E-state index in [1.54, 1.807) is 12.1 Å². The molecule has 156 valence electrons. The lowest BCUT2D eigenvalue weighted by Crippen LogP contribution is -2.13. The van der Waals surface area contributed by atoms with Crippen LogP contribution in [0.4, 0.5) is 11.4 Å². The number of fused-ring (bicyclic) bond motifs is 1. The number of aromatic amines is 2. The molecule has 4 aromatic rings. The number of aromatic hydroxyl groups is 1. The highest BCUT2D eigenvalue weighted by Gasteiger charge is 2.15. The van der Waals surface area contributed by atoms with Crippen molar-refractivity contribution in [3.63, 3.8) is 0 Å². The maximum absolute atomic E-state index is 12.8. The Morgan fingerprint density at radius 3 is 2.42 bits per heavy atom. The number of aliphatic imine (C=N–C) groups is 1. The van der Waals surface area contributed by atoms with Crippen LogP contribution in [0.1, 0.15) is 5.56 Å². The molecule has 0 radical (unpaired) electrons. The molecule has 0 amide bonds. The summed E-state index contributed by atoms with van der Waals surface area (Å²) in [5, 5.41) is 11.5. The van der Waals surface area contributed by atoms with Crippen LogP contribution in [0.15, 0.2) is 81.4 Å². The van der Waals surface area contributed by atoms with Gasteiger partial charge < -0.3 is 10.1 Å². The predicted octanol–water partition coefficient (Wildman–Crippen LogP) is 3.84. The Morgan fingerprint density at radius 1 is 0.968 bits per heavy atom. The van der Waals surface area contributed by atoms with Gasteiger partial charge in [0.1, 0.15) is 5.56 Å². The summed E-state index contributed by atoms with van der Waals surface area (Å²) in [6, 6.07) is 18.7. The summed E-state index contributed by atoms with van der Waals surface area (Å²) >= 11 is 4.77. The lowest BCUT2D eigenvalue weighted by atomic mass is 10.1. The number of nitrogens with one attached hydrogen (secondary N) is 3. The quantitative estimate of drug-likeness (QED) is 0.270. The second kappa shape index (κ2) is 8.17. The second-order valence-corrected chi connectivity index (χ2v) is 8.65. The molecule has 0 spiro atoms. The zero-order chi connectivity index (χ0) is 22.0. The largest absolute Gasteiger partial charge is 0.494 e. The third kappa shape index (κ3) is 4.39. The van der Waals surface area contributed by atoms with Crippen molar-refractivity contribution in [3.05, 3.63) is 87.4 Å². The fourth-order valence-electron chi connectivity index (χ4n) is 2.97. The fraction of sp³-hybridized carbons (Fsp3) is 0. The molecule has 1 heterocycles. The Labute approximate surface area is 182 Å². The van der Waals surface area contributed by atoms with Gasteiger partial charge in [0.2, 0.25) is 5.88 Å². The zero-order valence-corrected chi connectivity index (χ0v) is 17.5. The van der Waals surface area contributed by atoms with Gasteiger partial charge in [0.05, 0.1) is 16.3 Å². The van der Waals surface area contributed by atoms with Crippen LogP contribution < -0.4 is 10.3 Å². The molecule has 0 atom stereocenters. The highest BCUT2D eigenvalue weighted by molar-refractivity contribution is 7.92. The molecule has 0 saturated heterocycles. The van der Waals surface area contributed by atoms with Crippen LogP contribution in [0.2, 0.25) is 0 Å². The van der Waals surface area contributed by atoms with Gasteiger partial charge in [0.15, 0.2) is 4.77 Å². The van der Waals surface area contributed by atoms with Crippen LogP contribution in [-0.4, -0.2) is 29.7 Å². The van der Waals surface area contributed by atoms with Gasteiger partial charge in [-0.05, 0) is 47.9 Å². The minimum Gasteiger partial charge on any atom is -0.494 e. The van der Waals surface area contributed by atoms with E-state index in [-0.39, 0.29) is 15.2 Å². The molecule has 4 N–H and O–H groups in total. The fourth-order valence-corrected chi connectivity index (χ4v) is 4.24. The standard InChI is InChI=1S/C21H16N4O4S2/c26-19-17(20(27)24-21(30)23-19)12-22-14-8-10-15(11-9-14)31(28,29)25-18-7-3-5-13-4-1-2-6-16(13)18/h1-12,25H,(H3,23,24,26,27,30). The van der Waals surface area contributed by atoms with Crippen molar-refractivity contribution in [2.75, 3.05) is 4.72 Å². The van der Waals surface area contributed by atoms with Crippen LogP contribution in [0.5, 0.6) is 5.88 Å². The Bertz CT molecular complexity index is 1520. The van der Waals surface area contributed by atoms with Crippen molar-refractivity contribution in [1.82, 2.24) is 9.97 Å². The average molecular weight is 453 g/mol. The highest BCUT2D eigenvalue weighted by atomic mass is 32.2. The van der Waals surface area contributed by atoms with E-state index < -0.39 is 21.5 Å². The minimum atomic E-state index is -3.82. The lowest BCUT2D eigenvalue weighted by molar-refractivity contribution is 0.449. The Hall–Kier alpha value is -3.76. The molecule has 0 fully saturated rings. The molecular weight excluding hydrogens is 436 g/mol. The van der Waals surface area contributed by atoms with Crippen molar-refractivity contribution in [2.24, 2.45) is 4.99 Å². The molecule has 8 nitrogen and oxygen atoms in total. The molecule has 0 saturated carbocycles. The van der Waals surface area contributed by atoms with Crippen molar-refractivity contribution >= 4 is 50.6 Å². The number of benzene rings is 3. The highest BCUT2D eigenvalue weighted by Crippen LogP contribution is 2.26. The number of hydrogen-bond donors (Lipinski definition) is 4.